The van der Waals surface area contributed by atoms with Crippen molar-refractivity contribution in [2.45, 2.75) is 6.04 Å². The molecule has 0 saturated carbocycles. The number of primary amides is 1. The Labute approximate surface area is 121 Å². The molecule has 0 spiro atoms. The smallest absolute Gasteiger partial charge is 0.258 e. The molecule has 0 radical (unpaired) electrons. The molecule has 1 aliphatic heterocycles. The first-order chi connectivity index (χ1) is 9.54. The zero-order chi connectivity index (χ0) is 14.7. The molecule has 1 aromatic rings. The first kappa shape index (κ1) is 14.6. The van der Waals surface area contributed by atoms with E-state index in [0.717, 1.165) is 0 Å². The van der Waals surface area contributed by atoms with Gasteiger partial charge in [0, 0.05) is 24.7 Å². The molecule has 6 nitrogen and oxygen atoms in total. The van der Waals surface area contributed by atoms with E-state index in [9.17, 15) is 9.59 Å². The van der Waals surface area contributed by atoms with E-state index in [1.54, 1.807) is 12.1 Å². The van der Waals surface area contributed by atoms with Crippen LogP contribution in [0.15, 0.2) is 18.2 Å². The van der Waals surface area contributed by atoms with Gasteiger partial charge in [-0.3, -0.25) is 9.59 Å². The fourth-order valence-electron chi connectivity index (χ4n) is 2.20. The average molecular weight is 298 g/mol. The predicted octanol–water partition coefficient (Wildman–Crippen LogP) is 0.248. The van der Waals surface area contributed by atoms with Crippen LogP contribution in [0.5, 0.6) is 5.75 Å². The van der Waals surface area contributed by atoms with Crippen LogP contribution < -0.4 is 15.8 Å². The van der Waals surface area contributed by atoms with E-state index in [1.165, 1.54) is 18.1 Å². The summed E-state index contributed by atoms with van der Waals surface area (Å²) >= 11 is 5.93. The zero-order valence-corrected chi connectivity index (χ0v) is 11.8. The number of nitrogens with one attached hydrogen (secondary N) is 1. The number of amides is 2. The Morgan fingerprint density at radius 3 is 2.90 bits per heavy atom. The molecular formula is C13H16ClN3O3. The standard InChI is InChI=1S/C13H16ClN3O3/c1-20-11-3-2-8(14)6-9(11)13(19)17-5-4-16-7-10(17)12(15)18/h2-3,6,10,16H,4-5,7H2,1H3,(H2,15,18). The molecule has 0 aromatic heterocycles. The lowest BCUT2D eigenvalue weighted by molar-refractivity contribution is -0.122. The molecule has 3 N–H and O–H groups in total. The molecule has 0 aliphatic carbocycles. The molecular weight excluding hydrogens is 282 g/mol. The summed E-state index contributed by atoms with van der Waals surface area (Å²) in [4.78, 5) is 25.5. The van der Waals surface area contributed by atoms with Crippen LogP contribution >= 0.6 is 11.6 Å². The minimum absolute atomic E-state index is 0.311. The van der Waals surface area contributed by atoms with Crippen molar-refractivity contribution in [3.63, 3.8) is 0 Å². The summed E-state index contributed by atoms with van der Waals surface area (Å²) in [5, 5.41) is 3.47. The summed E-state index contributed by atoms with van der Waals surface area (Å²) in [6.45, 7) is 1.37. The van der Waals surface area contributed by atoms with Crippen LogP contribution in [0.3, 0.4) is 0 Å². The van der Waals surface area contributed by atoms with Crippen molar-refractivity contribution < 1.29 is 14.3 Å². The molecule has 1 heterocycles. The average Bonchev–Trinajstić information content (AvgIpc) is 2.46. The third-order valence-corrected chi connectivity index (χ3v) is 3.46. The fourth-order valence-corrected chi connectivity index (χ4v) is 2.38. The van der Waals surface area contributed by atoms with Gasteiger partial charge in [-0.1, -0.05) is 11.6 Å². The second kappa shape index (κ2) is 6.11. The number of ether oxygens (including phenoxy) is 1. The van der Waals surface area contributed by atoms with Crippen molar-refractivity contribution in [1.82, 2.24) is 10.2 Å². The van der Waals surface area contributed by atoms with Crippen LogP contribution in [0.4, 0.5) is 0 Å². The highest BCUT2D eigenvalue weighted by molar-refractivity contribution is 6.31. The Morgan fingerprint density at radius 2 is 2.25 bits per heavy atom. The van der Waals surface area contributed by atoms with Gasteiger partial charge in [0.2, 0.25) is 5.91 Å². The van der Waals surface area contributed by atoms with Gasteiger partial charge in [-0.05, 0) is 18.2 Å². The molecule has 1 aromatic carbocycles. The van der Waals surface area contributed by atoms with Gasteiger partial charge >= 0.3 is 0 Å². The molecule has 1 unspecified atom stereocenters. The number of hydrogen-bond acceptors (Lipinski definition) is 4. The Bertz CT molecular complexity index is 536. The second-order valence-corrected chi connectivity index (χ2v) is 4.90. The highest BCUT2D eigenvalue weighted by Gasteiger charge is 2.32. The van der Waals surface area contributed by atoms with E-state index < -0.39 is 11.9 Å². The van der Waals surface area contributed by atoms with Gasteiger partial charge < -0.3 is 20.7 Å². The van der Waals surface area contributed by atoms with Gasteiger partial charge in [0.05, 0.1) is 12.7 Å². The molecule has 1 fully saturated rings. The molecule has 2 rings (SSSR count). The van der Waals surface area contributed by atoms with Gasteiger partial charge in [0.15, 0.2) is 0 Å². The molecule has 1 atom stereocenters. The van der Waals surface area contributed by atoms with Crippen LogP contribution in [-0.2, 0) is 4.79 Å². The van der Waals surface area contributed by atoms with E-state index in [-0.39, 0.29) is 5.91 Å². The highest BCUT2D eigenvalue weighted by atomic mass is 35.5. The van der Waals surface area contributed by atoms with Gasteiger partial charge in [-0.25, -0.2) is 0 Å². The maximum absolute atomic E-state index is 12.6. The van der Waals surface area contributed by atoms with Gasteiger partial charge in [0.1, 0.15) is 11.8 Å². The molecule has 7 heteroatoms. The Hall–Kier alpha value is -1.79. The number of nitrogens with two attached hydrogens (primary N) is 1. The zero-order valence-electron chi connectivity index (χ0n) is 11.1. The largest absolute Gasteiger partial charge is 0.496 e. The summed E-state index contributed by atoms with van der Waals surface area (Å²) in [5.74, 6) is -0.428. The second-order valence-electron chi connectivity index (χ2n) is 4.47. The van der Waals surface area contributed by atoms with Gasteiger partial charge in [-0.15, -0.1) is 0 Å². The van der Waals surface area contributed by atoms with E-state index in [4.69, 9.17) is 22.1 Å². The molecule has 2 amide bonds. The number of carbonyl (C=O) groups is 2. The summed E-state index contributed by atoms with van der Waals surface area (Å²) in [7, 11) is 1.48. The van der Waals surface area contributed by atoms with E-state index >= 15 is 0 Å². The minimum atomic E-state index is -0.667. The molecule has 20 heavy (non-hydrogen) atoms. The number of carbonyl (C=O) groups excluding carboxylic acids is 2. The first-order valence-corrected chi connectivity index (χ1v) is 6.57. The van der Waals surface area contributed by atoms with Crippen molar-refractivity contribution in [1.29, 1.82) is 0 Å². The number of hydrogen-bond donors (Lipinski definition) is 2. The summed E-state index contributed by atoms with van der Waals surface area (Å²) in [6, 6.07) is 4.13. The van der Waals surface area contributed by atoms with Crippen LogP contribution in [0.1, 0.15) is 10.4 Å². The minimum Gasteiger partial charge on any atom is -0.496 e. The summed E-state index contributed by atoms with van der Waals surface area (Å²) in [6.07, 6.45) is 0. The number of methoxy groups -OCH3 is 1. The molecule has 108 valence electrons. The van der Waals surface area contributed by atoms with Crippen molar-refractivity contribution in [3.8, 4) is 5.75 Å². The Morgan fingerprint density at radius 1 is 1.50 bits per heavy atom. The Balaban J connectivity index is 2.34. The van der Waals surface area contributed by atoms with E-state index in [1.807, 2.05) is 0 Å². The van der Waals surface area contributed by atoms with E-state index in [0.29, 0.717) is 36.0 Å². The lowest BCUT2D eigenvalue weighted by Crippen LogP contribution is -2.58. The maximum Gasteiger partial charge on any atom is 0.258 e. The Kier molecular flexibility index (Phi) is 4.46. The monoisotopic (exact) mass is 297 g/mol. The SMILES string of the molecule is COc1ccc(Cl)cc1C(=O)N1CCNCC1C(N)=O. The van der Waals surface area contributed by atoms with Crippen LogP contribution in [0, 0.1) is 0 Å². The molecule has 1 saturated heterocycles. The number of benzene rings is 1. The lowest BCUT2D eigenvalue weighted by atomic mass is 10.1. The fraction of sp³-hybridized carbons (Fsp3) is 0.385. The number of rotatable bonds is 3. The summed E-state index contributed by atoms with van der Waals surface area (Å²) in [5.41, 5.74) is 5.67. The van der Waals surface area contributed by atoms with Crippen molar-refractivity contribution in [2.24, 2.45) is 5.73 Å². The number of piperazine rings is 1. The first-order valence-electron chi connectivity index (χ1n) is 6.19. The van der Waals surface area contributed by atoms with Gasteiger partial charge in [-0.2, -0.15) is 0 Å². The third-order valence-electron chi connectivity index (χ3n) is 3.22. The molecule has 0 bridgehead atoms. The quantitative estimate of drug-likeness (QED) is 0.837. The third kappa shape index (κ3) is 2.86. The highest BCUT2D eigenvalue weighted by Crippen LogP contribution is 2.25. The summed E-state index contributed by atoms with van der Waals surface area (Å²) < 4.78 is 5.17. The lowest BCUT2D eigenvalue weighted by Gasteiger charge is -2.34. The van der Waals surface area contributed by atoms with Crippen molar-refractivity contribution in [3.05, 3.63) is 28.8 Å². The maximum atomic E-state index is 12.6. The number of nitrogens with zero attached hydrogens (tertiary/aromatic N) is 1. The molecule has 1 aliphatic rings. The predicted molar refractivity (Wildman–Crippen MR) is 74.9 cm³/mol. The topological polar surface area (TPSA) is 84.7 Å². The van der Waals surface area contributed by atoms with E-state index in [2.05, 4.69) is 5.32 Å². The van der Waals surface area contributed by atoms with Gasteiger partial charge in [0.25, 0.3) is 5.91 Å². The van der Waals surface area contributed by atoms with Crippen LogP contribution in [-0.4, -0.2) is 49.5 Å². The van der Waals surface area contributed by atoms with Crippen molar-refractivity contribution in [2.75, 3.05) is 26.7 Å². The normalized spacial score (nSPS) is 18.7. The van der Waals surface area contributed by atoms with Crippen LogP contribution in [0.2, 0.25) is 5.02 Å². The van der Waals surface area contributed by atoms with Crippen LogP contribution in [0.25, 0.3) is 0 Å². The number of halogens is 1. The van der Waals surface area contributed by atoms with Crippen molar-refractivity contribution >= 4 is 23.4 Å².